The van der Waals surface area contributed by atoms with Gasteiger partial charge >= 0.3 is 0 Å². The zero-order valence-electron chi connectivity index (χ0n) is 13.4. The topological polar surface area (TPSA) is 66.9 Å². The van der Waals surface area contributed by atoms with Crippen LogP contribution in [0.25, 0.3) is 0 Å². The second-order valence-corrected chi connectivity index (χ2v) is 6.20. The van der Waals surface area contributed by atoms with Crippen LogP contribution in [0, 0.1) is 6.92 Å². The number of benzene rings is 1. The van der Waals surface area contributed by atoms with Gasteiger partial charge in [0.1, 0.15) is 17.3 Å². The van der Waals surface area contributed by atoms with Crippen LogP contribution in [-0.2, 0) is 0 Å². The fourth-order valence-corrected chi connectivity index (χ4v) is 2.53. The van der Waals surface area contributed by atoms with Gasteiger partial charge in [-0.05, 0) is 31.5 Å². The molecule has 122 valence electrons. The Bertz CT molecular complexity index is 675. The van der Waals surface area contributed by atoms with Crippen molar-refractivity contribution in [1.29, 1.82) is 0 Å². The van der Waals surface area contributed by atoms with Crippen LogP contribution in [0.2, 0.25) is 0 Å². The predicted molar refractivity (Wildman–Crippen MR) is 96.1 cm³/mol. The highest BCUT2D eigenvalue weighted by molar-refractivity contribution is 9.10. The van der Waals surface area contributed by atoms with E-state index in [4.69, 9.17) is 0 Å². The Morgan fingerprint density at radius 1 is 1.22 bits per heavy atom. The molecule has 0 aliphatic heterocycles. The van der Waals surface area contributed by atoms with Crippen molar-refractivity contribution in [3.63, 3.8) is 0 Å². The molecule has 5 nitrogen and oxygen atoms in total. The number of rotatable bonds is 7. The van der Waals surface area contributed by atoms with E-state index < -0.39 is 0 Å². The molecule has 1 amide bonds. The number of hydrogen-bond acceptors (Lipinski definition) is 4. The van der Waals surface area contributed by atoms with Crippen molar-refractivity contribution in [3.8, 4) is 0 Å². The minimum atomic E-state index is -0.163. The molecule has 2 N–H and O–H groups in total. The number of nitrogens with one attached hydrogen (secondary N) is 2. The van der Waals surface area contributed by atoms with Crippen LogP contribution in [0.15, 0.2) is 34.8 Å². The van der Waals surface area contributed by atoms with Gasteiger partial charge in [0, 0.05) is 22.8 Å². The van der Waals surface area contributed by atoms with Crippen LogP contribution < -0.4 is 10.6 Å². The summed E-state index contributed by atoms with van der Waals surface area (Å²) in [5, 5.41) is 6.09. The van der Waals surface area contributed by atoms with Crippen molar-refractivity contribution in [2.45, 2.75) is 33.1 Å². The fraction of sp³-hybridized carbons (Fsp3) is 0.353. The number of anilines is 2. The van der Waals surface area contributed by atoms with Crippen molar-refractivity contribution in [3.05, 3.63) is 46.3 Å². The van der Waals surface area contributed by atoms with Gasteiger partial charge in [-0.1, -0.05) is 41.8 Å². The van der Waals surface area contributed by atoms with E-state index in [0.29, 0.717) is 23.9 Å². The number of amides is 1. The zero-order valence-corrected chi connectivity index (χ0v) is 15.0. The molecule has 0 bridgehead atoms. The number of carbonyl (C=O) groups is 1. The van der Waals surface area contributed by atoms with Crippen molar-refractivity contribution in [2.75, 3.05) is 11.9 Å². The Hall–Kier alpha value is -1.95. The molecule has 6 heteroatoms. The van der Waals surface area contributed by atoms with Crippen molar-refractivity contribution in [2.24, 2.45) is 0 Å². The SMILES string of the molecule is CCCCCNC(=O)c1cc(Nc2cccc(Br)c2)nc(C)n1. The number of aryl methyl sites for hydroxylation is 1. The number of hydrogen-bond donors (Lipinski definition) is 2. The lowest BCUT2D eigenvalue weighted by Gasteiger charge is -2.09. The standard InChI is InChI=1S/C17H21BrN4O/c1-3-4-5-9-19-17(23)15-11-16(21-12(2)20-15)22-14-8-6-7-13(18)10-14/h6-8,10-11H,3-5,9H2,1-2H3,(H,19,23)(H,20,21,22). The lowest BCUT2D eigenvalue weighted by Crippen LogP contribution is -2.25. The van der Waals surface area contributed by atoms with Gasteiger partial charge in [0.15, 0.2) is 0 Å². The van der Waals surface area contributed by atoms with E-state index >= 15 is 0 Å². The smallest absolute Gasteiger partial charge is 0.270 e. The molecule has 0 aliphatic carbocycles. The van der Waals surface area contributed by atoms with E-state index in [1.54, 1.807) is 13.0 Å². The van der Waals surface area contributed by atoms with E-state index in [-0.39, 0.29) is 5.91 Å². The quantitative estimate of drug-likeness (QED) is 0.710. The highest BCUT2D eigenvalue weighted by Crippen LogP contribution is 2.19. The molecule has 23 heavy (non-hydrogen) atoms. The molecule has 0 aliphatic rings. The molecule has 0 unspecified atom stereocenters. The van der Waals surface area contributed by atoms with Gasteiger partial charge in [-0.2, -0.15) is 0 Å². The normalized spacial score (nSPS) is 10.4. The first-order valence-electron chi connectivity index (χ1n) is 7.75. The maximum atomic E-state index is 12.2. The van der Waals surface area contributed by atoms with Gasteiger partial charge in [0.25, 0.3) is 5.91 Å². The molecular weight excluding hydrogens is 356 g/mol. The van der Waals surface area contributed by atoms with Gasteiger partial charge in [0.05, 0.1) is 0 Å². The molecule has 2 aromatic rings. The van der Waals surface area contributed by atoms with E-state index in [1.807, 2.05) is 24.3 Å². The molecule has 1 aromatic heterocycles. The summed E-state index contributed by atoms with van der Waals surface area (Å²) in [4.78, 5) is 20.7. The first-order chi connectivity index (χ1) is 11.1. The first kappa shape index (κ1) is 17.4. The number of nitrogens with zero attached hydrogens (tertiary/aromatic N) is 2. The molecular formula is C17H21BrN4O. The number of carbonyl (C=O) groups excluding carboxylic acids is 1. The van der Waals surface area contributed by atoms with Gasteiger partial charge in [-0.25, -0.2) is 9.97 Å². The molecule has 0 saturated carbocycles. The van der Waals surface area contributed by atoms with Gasteiger partial charge in [-0.3, -0.25) is 4.79 Å². The number of unbranched alkanes of at least 4 members (excludes halogenated alkanes) is 2. The van der Waals surface area contributed by atoms with Crippen LogP contribution in [0.1, 0.15) is 42.5 Å². The predicted octanol–water partition coefficient (Wildman–Crippen LogP) is 4.21. The summed E-state index contributed by atoms with van der Waals surface area (Å²) >= 11 is 3.43. The third-order valence-corrected chi connectivity index (χ3v) is 3.73. The highest BCUT2D eigenvalue weighted by Gasteiger charge is 2.10. The molecule has 0 fully saturated rings. The molecule has 0 radical (unpaired) electrons. The number of aromatic nitrogens is 2. The minimum absolute atomic E-state index is 0.163. The summed E-state index contributed by atoms with van der Waals surface area (Å²) < 4.78 is 0.974. The second kappa shape index (κ2) is 8.62. The minimum Gasteiger partial charge on any atom is -0.351 e. The van der Waals surface area contributed by atoms with Crippen molar-refractivity contribution in [1.82, 2.24) is 15.3 Å². The summed E-state index contributed by atoms with van der Waals surface area (Å²) in [6, 6.07) is 9.44. The maximum Gasteiger partial charge on any atom is 0.270 e. The Balaban J connectivity index is 2.07. The summed E-state index contributed by atoms with van der Waals surface area (Å²) in [6.07, 6.45) is 3.22. The van der Waals surface area contributed by atoms with Crippen LogP contribution in [0.3, 0.4) is 0 Å². The van der Waals surface area contributed by atoms with Crippen molar-refractivity contribution >= 4 is 33.3 Å². The van der Waals surface area contributed by atoms with Crippen molar-refractivity contribution < 1.29 is 4.79 Å². The zero-order chi connectivity index (χ0) is 16.7. The highest BCUT2D eigenvalue weighted by atomic mass is 79.9. The lowest BCUT2D eigenvalue weighted by molar-refractivity contribution is 0.0947. The summed E-state index contributed by atoms with van der Waals surface area (Å²) in [6.45, 7) is 4.58. The van der Waals surface area contributed by atoms with Gasteiger partial charge in [-0.15, -0.1) is 0 Å². The lowest BCUT2D eigenvalue weighted by atomic mass is 10.2. The average molecular weight is 377 g/mol. The fourth-order valence-electron chi connectivity index (χ4n) is 2.13. The van der Waals surface area contributed by atoms with E-state index in [2.05, 4.69) is 43.5 Å². The molecule has 1 aromatic carbocycles. The van der Waals surface area contributed by atoms with E-state index in [9.17, 15) is 4.79 Å². The average Bonchev–Trinajstić information content (AvgIpc) is 2.51. The van der Waals surface area contributed by atoms with E-state index in [0.717, 1.165) is 29.4 Å². The van der Waals surface area contributed by atoms with Crippen LogP contribution >= 0.6 is 15.9 Å². The maximum absolute atomic E-state index is 12.2. The Morgan fingerprint density at radius 2 is 2.04 bits per heavy atom. The van der Waals surface area contributed by atoms with Gasteiger partial charge < -0.3 is 10.6 Å². The molecule has 0 atom stereocenters. The molecule has 2 rings (SSSR count). The summed E-state index contributed by atoms with van der Waals surface area (Å²) in [5.41, 5.74) is 1.28. The van der Waals surface area contributed by atoms with Crippen LogP contribution in [0.4, 0.5) is 11.5 Å². The summed E-state index contributed by atoms with van der Waals surface area (Å²) in [7, 11) is 0. The summed E-state index contributed by atoms with van der Waals surface area (Å²) in [5.74, 6) is 1.00. The number of halogens is 1. The van der Waals surface area contributed by atoms with Crippen LogP contribution in [-0.4, -0.2) is 22.4 Å². The molecule has 0 spiro atoms. The van der Waals surface area contributed by atoms with Gasteiger partial charge in [0.2, 0.25) is 0 Å². The Kier molecular flexibility index (Phi) is 6.52. The molecule has 1 heterocycles. The second-order valence-electron chi connectivity index (χ2n) is 5.28. The van der Waals surface area contributed by atoms with E-state index in [1.165, 1.54) is 0 Å². The first-order valence-corrected chi connectivity index (χ1v) is 8.54. The Morgan fingerprint density at radius 3 is 2.78 bits per heavy atom. The molecule has 0 saturated heterocycles. The largest absolute Gasteiger partial charge is 0.351 e. The third kappa shape index (κ3) is 5.63. The third-order valence-electron chi connectivity index (χ3n) is 3.23. The van der Waals surface area contributed by atoms with Crippen LogP contribution in [0.5, 0.6) is 0 Å². The monoisotopic (exact) mass is 376 g/mol. The Labute approximate surface area is 145 Å².